The van der Waals surface area contributed by atoms with Gasteiger partial charge in [0.2, 0.25) is 0 Å². The van der Waals surface area contributed by atoms with Crippen molar-refractivity contribution in [1.29, 1.82) is 0 Å². The molecule has 0 radical (unpaired) electrons. The molecule has 1 N–H and O–H groups in total. The Morgan fingerprint density at radius 3 is 2.33 bits per heavy atom. The summed E-state index contributed by atoms with van der Waals surface area (Å²) in [7, 11) is -3.40. The van der Waals surface area contributed by atoms with E-state index in [1.54, 1.807) is 18.2 Å². The first-order valence-corrected chi connectivity index (χ1v) is 9.21. The molecule has 0 aliphatic carbocycles. The van der Waals surface area contributed by atoms with Crippen molar-refractivity contribution in [3.63, 3.8) is 0 Å². The minimum absolute atomic E-state index is 0.0314. The molecule has 5 heteroatoms. The molecule has 1 aromatic rings. The number of rotatable bonds is 7. The van der Waals surface area contributed by atoms with Gasteiger partial charge in [0, 0.05) is 12.3 Å². The van der Waals surface area contributed by atoms with Crippen LogP contribution >= 0.6 is 0 Å². The van der Waals surface area contributed by atoms with Crippen LogP contribution in [0.4, 0.5) is 0 Å². The lowest BCUT2D eigenvalue weighted by Gasteiger charge is -2.15. The van der Waals surface area contributed by atoms with Crippen molar-refractivity contribution in [2.75, 3.05) is 6.26 Å². The fourth-order valence-corrected chi connectivity index (χ4v) is 3.07. The van der Waals surface area contributed by atoms with Crippen LogP contribution in [0.1, 0.15) is 50.4 Å². The number of carbonyl (C=O) groups excluding carboxylic acids is 1. The summed E-state index contributed by atoms with van der Waals surface area (Å²) in [5, 5.41) is 2.88. The van der Waals surface area contributed by atoms with Gasteiger partial charge in [-0.15, -0.1) is 0 Å². The molecule has 0 unspecified atom stereocenters. The minimum atomic E-state index is -3.40. The average Bonchev–Trinajstić information content (AvgIpc) is 2.37. The van der Waals surface area contributed by atoms with E-state index in [4.69, 9.17) is 0 Å². The molecule has 0 bridgehead atoms. The number of hydrogen-bond donors (Lipinski definition) is 1. The van der Waals surface area contributed by atoms with Crippen molar-refractivity contribution >= 4 is 15.7 Å². The van der Waals surface area contributed by atoms with Gasteiger partial charge >= 0.3 is 0 Å². The minimum Gasteiger partial charge on any atom is -0.350 e. The van der Waals surface area contributed by atoms with Crippen LogP contribution < -0.4 is 5.32 Å². The molecule has 0 fully saturated rings. The third-order valence-electron chi connectivity index (χ3n) is 3.33. The Morgan fingerprint density at radius 1 is 1.14 bits per heavy atom. The predicted molar refractivity (Wildman–Crippen MR) is 85.2 cm³/mol. The van der Waals surface area contributed by atoms with Crippen molar-refractivity contribution < 1.29 is 13.2 Å². The van der Waals surface area contributed by atoms with E-state index in [2.05, 4.69) is 19.2 Å². The molecule has 1 amide bonds. The maximum atomic E-state index is 12.2. The summed E-state index contributed by atoms with van der Waals surface area (Å²) in [4.78, 5) is 12.3. The Balaban J connectivity index is 2.72. The van der Waals surface area contributed by atoms with Gasteiger partial charge in [-0.25, -0.2) is 8.42 Å². The number of hydrogen-bond acceptors (Lipinski definition) is 3. The first kappa shape index (κ1) is 17.7. The van der Waals surface area contributed by atoms with Gasteiger partial charge in [0.05, 0.1) is 10.5 Å². The summed E-state index contributed by atoms with van der Waals surface area (Å²) in [5.41, 5.74) is 0.218. The monoisotopic (exact) mass is 311 g/mol. The van der Waals surface area contributed by atoms with Crippen molar-refractivity contribution in [3.05, 3.63) is 29.8 Å². The summed E-state index contributed by atoms with van der Waals surface area (Å²) >= 11 is 0. The standard InChI is InChI=1S/C16H25NO3S/c1-12(2)8-7-9-13(3)17-16(18)14-10-5-6-11-15(14)21(4,19)20/h5-6,10-13H,7-9H2,1-4H3,(H,17,18)/t13-/m1/s1. The highest BCUT2D eigenvalue weighted by Gasteiger charge is 2.19. The maximum absolute atomic E-state index is 12.2. The summed E-state index contributed by atoms with van der Waals surface area (Å²) in [6.07, 6.45) is 4.18. The largest absolute Gasteiger partial charge is 0.350 e. The fourth-order valence-electron chi connectivity index (χ4n) is 2.18. The van der Waals surface area contributed by atoms with Crippen molar-refractivity contribution in [2.45, 2.75) is 51.0 Å². The molecular formula is C16H25NO3S. The van der Waals surface area contributed by atoms with E-state index in [-0.39, 0.29) is 22.4 Å². The van der Waals surface area contributed by atoms with Gasteiger partial charge in [-0.1, -0.05) is 38.8 Å². The van der Waals surface area contributed by atoms with Crippen LogP contribution in [0.25, 0.3) is 0 Å². The van der Waals surface area contributed by atoms with E-state index in [1.807, 2.05) is 6.92 Å². The number of carbonyl (C=O) groups is 1. The summed E-state index contributed by atoms with van der Waals surface area (Å²) < 4.78 is 23.4. The van der Waals surface area contributed by atoms with E-state index >= 15 is 0 Å². The highest BCUT2D eigenvalue weighted by Crippen LogP contribution is 2.16. The second-order valence-electron chi connectivity index (χ2n) is 5.97. The summed E-state index contributed by atoms with van der Waals surface area (Å²) in [5.74, 6) is 0.326. The molecule has 0 heterocycles. The Bertz CT molecular complexity index is 579. The smallest absolute Gasteiger partial charge is 0.252 e. The zero-order valence-corrected chi connectivity index (χ0v) is 14.0. The molecule has 118 valence electrons. The molecule has 1 aromatic carbocycles. The van der Waals surface area contributed by atoms with E-state index in [1.165, 1.54) is 6.07 Å². The van der Waals surface area contributed by atoms with Crippen LogP contribution in [0.5, 0.6) is 0 Å². The fraction of sp³-hybridized carbons (Fsp3) is 0.562. The maximum Gasteiger partial charge on any atom is 0.252 e. The molecule has 0 saturated heterocycles. The Labute approximate surface area is 127 Å². The Kier molecular flexibility index (Phi) is 6.40. The molecule has 0 spiro atoms. The number of benzene rings is 1. The van der Waals surface area contributed by atoms with Gasteiger partial charge < -0.3 is 5.32 Å². The molecule has 4 nitrogen and oxygen atoms in total. The van der Waals surface area contributed by atoms with Crippen LogP contribution in [0.2, 0.25) is 0 Å². The van der Waals surface area contributed by atoms with Gasteiger partial charge in [0.25, 0.3) is 5.91 Å². The zero-order valence-electron chi connectivity index (χ0n) is 13.2. The number of amides is 1. The summed E-state index contributed by atoms with van der Waals surface area (Å²) in [6.45, 7) is 6.29. The normalized spacial score (nSPS) is 13.2. The molecule has 0 saturated carbocycles. The van der Waals surface area contributed by atoms with Crippen LogP contribution in [-0.4, -0.2) is 26.6 Å². The lowest BCUT2D eigenvalue weighted by molar-refractivity contribution is 0.0934. The van der Waals surface area contributed by atoms with Gasteiger partial charge in [0.1, 0.15) is 0 Å². The Morgan fingerprint density at radius 2 is 1.76 bits per heavy atom. The second kappa shape index (κ2) is 7.59. The zero-order chi connectivity index (χ0) is 16.0. The van der Waals surface area contributed by atoms with Crippen LogP contribution in [0.15, 0.2) is 29.2 Å². The van der Waals surface area contributed by atoms with Crippen molar-refractivity contribution in [3.8, 4) is 0 Å². The Hall–Kier alpha value is -1.36. The highest BCUT2D eigenvalue weighted by molar-refractivity contribution is 7.90. The van der Waals surface area contributed by atoms with E-state index < -0.39 is 9.84 Å². The molecule has 1 atom stereocenters. The van der Waals surface area contributed by atoms with E-state index in [0.29, 0.717) is 5.92 Å². The first-order chi connectivity index (χ1) is 9.71. The molecular weight excluding hydrogens is 286 g/mol. The molecule has 0 aliphatic rings. The van der Waals surface area contributed by atoms with E-state index in [9.17, 15) is 13.2 Å². The van der Waals surface area contributed by atoms with Crippen molar-refractivity contribution in [2.24, 2.45) is 5.92 Å². The second-order valence-corrected chi connectivity index (χ2v) is 7.95. The molecule has 21 heavy (non-hydrogen) atoms. The molecule has 0 aliphatic heterocycles. The van der Waals surface area contributed by atoms with E-state index in [0.717, 1.165) is 25.5 Å². The topological polar surface area (TPSA) is 63.2 Å². The highest BCUT2D eigenvalue weighted by atomic mass is 32.2. The quantitative estimate of drug-likeness (QED) is 0.842. The lowest BCUT2D eigenvalue weighted by atomic mass is 10.0. The predicted octanol–water partition coefficient (Wildman–Crippen LogP) is 3.03. The molecule has 0 aromatic heterocycles. The van der Waals surface area contributed by atoms with Gasteiger partial charge in [0.15, 0.2) is 9.84 Å². The third kappa shape index (κ3) is 5.87. The molecule has 1 rings (SSSR count). The van der Waals surface area contributed by atoms with Crippen LogP contribution in [0.3, 0.4) is 0 Å². The summed E-state index contributed by atoms with van der Waals surface area (Å²) in [6, 6.07) is 6.34. The van der Waals surface area contributed by atoms with Gasteiger partial charge in [-0.3, -0.25) is 4.79 Å². The first-order valence-electron chi connectivity index (χ1n) is 7.31. The van der Waals surface area contributed by atoms with Gasteiger partial charge in [-0.05, 0) is 31.4 Å². The SMILES string of the molecule is CC(C)CCC[C@@H](C)NC(=O)c1ccccc1S(C)(=O)=O. The van der Waals surface area contributed by atoms with Crippen molar-refractivity contribution in [1.82, 2.24) is 5.32 Å². The van der Waals surface area contributed by atoms with Crippen LogP contribution in [-0.2, 0) is 9.84 Å². The van der Waals surface area contributed by atoms with Gasteiger partial charge in [-0.2, -0.15) is 0 Å². The number of nitrogens with one attached hydrogen (secondary N) is 1. The number of sulfone groups is 1. The average molecular weight is 311 g/mol. The lowest BCUT2D eigenvalue weighted by Crippen LogP contribution is -2.33. The van der Waals surface area contributed by atoms with Crippen LogP contribution in [0, 0.1) is 5.92 Å². The third-order valence-corrected chi connectivity index (χ3v) is 4.48.